The first-order valence-corrected chi connectivity index (χ1v) is 7.74. The Labute approximate surface area is 118 Å². The lowest BCUT2D eigenvalue weighted by atomic mass is 9.78. The molecule has 4 nitrogen and oxygen atoms in total. The Bertz CT molecular complexity index is 619. The molecule has 2 atom stereocenters. The quantitative estimate of drug-likeness (QED) is 0.806. The van der Waals surface area contributed by atoms with E-state index in [4.69, 9.17) is 10.2 Å². The van der Waals surface area contributed by atoms with Crippen LogP contribution in [0.4, 0.5) is 11.7 Å². The molecule has 2 fully saturated rings. The lowest BCUT2D eigenvalue weighted by Crippen LogP contribution is -2.47. The van der Waals surface area contributed by atoms with Crippen molar-refractivity contribution in [3.63, 3.8) is 0 Å². The zero-order valence-electron chi connectivity index (χ0n) is 11.7. The summed E-state index contributed by atoms with van der Waals surface area (Å²) < 4.78 is 5.97. The van der Waals surface area contributed by atoms with Gasteiger partial charge in [0.15, 0.2) is 5.58 Å². The normalized spacial score (nSPS) is 26.7. The van der Waals surface area contributed by atoms with Crippen LogP contribution in [0.15, 0.2) is 22.6 Å². The molecule has 1 aliphatic heterocycles. The van der Waals surface area contributed by atoms with E-state index in [0.29, 0.717) is 6.04 Å². The Balaban J connectivity index is 1.69. The van der Waals surface area contributed by atoms with Crippen molar-refractivity contribution in [2.24, 2.45) is 5.92 Å². The highest BCUT2D eigenvalue weighted by Crippen LogP contribution is 2.38. The maximum Gasteiger partial charge on any atom is 0.298 e. The third-order valence-corrected chi connectivity index (χ3v) is 4.89. The first-order chi connectivity index (χ1) is 9.81. The molecule has 2 N–H and O–H groups in total. The molecule has 0 bridgehead atoms. The van der Waals surface area contributed by atoms with Crippen LogP contribution in [0.2, 0.25) is 0 Å². The van der Waals surface area contributed by atoms with E-state index < -0.39 is 0 Å². The number of oxazole rings is 1. The molecule has 4 rings (SSSR count). The topological polar surface area (TPSA) is 55.3 Å². The summed E-state index contributed by atoms with van der Waals surface area (Å²) >= 11 is 0. The second-order valence-electron chi connectivity index (χ2n) is 6.17. The van der Waals surface area contributed by atoms with Crippen LogP contribution in [-0.4, -0.2) is 17.6 Å². The molecule has 4 heteroatoms. The summed E-state index contributed by atoms with van der Waals surface area (Å²) in [5, 5.41) is 0. The summed E-state index contributed by atoms with van der Waals surface area (Å²) in [5.74, 6) is 0.831. The summed E-state index contributed by atoms with van der Waals surface area (Å²) in [6, 6.07) is 7.12. The van der Waals surface area contributed by atoms with Crippen molar-refractivity contribution in [1.82, 2.24) is 4.98 Å². The van der Waals surface area contributed by atoms with Gasteiger partial charge in [0.05, 0.1) is 0 Å². The summed E-state index contributed by atoms with van der Waals surface area (Å²) in [5.41, 5.74) is 8.26. The lowest BCUT2D eigenvalue weighted by Gasteiger charge is -2.43. The average Bonchev–Trinajstić information content (AvgIpc) is 2.89. The molecule has 1 aromatic carbocycles. The van der Waals surface area contributed by atoms with Crippen LogP contribution in [0.25, 0.3) is 11.1 Å². The van der Waals surface area contributed by atoms with Gasteiger partial charge in [0.1, 0.15) is 5.52 Å². The van der Waals surface area contributed by atoms with Gasteiger partial charge in [-0.05, 0) is 43.7 Å². The largest absolute Gasteiger partial charge is 0.423 e. The first kappa shape index (κ1) is 12.1. The fourth-order valence-corrected chi connectivity index (χ4v) is 3.91. The molecule has 1 aliphatic carbocycles. The van der Waals surface area contributed by atoms with E-state index in [9.17, 15) is 0 Å². The van der Waals surface area contributed by atoms with E-state index in [1.807, 2.05) is 18.2 Å². The molecule has 2 unspecified atom stereocenters. The second kappa shape index (κ2) is 4.69. The average molecular weight is 271 g/mol. The Hall–Kier alpha value is -1.71. The zero-order chi connectivity index (χ0) is 13.5. The molecule has 1 aromatic heterocycles. The lowest BCUT2D eigenvalue weighted by molar-refractivity contribution is 0.235. The molecule has 0 amide bonds. The van der Waals surface area contributed by atoms with Gasteiger partial charge in [-0.25, -0.2) is 0 Å². The van der Waals surface area contributed by atoms with Crippen LogP contribution in [0.3, 0.4) is 0 Å². The molecule has 106 valence electrons. The highest BCUT2D eigenvalue weighted by atomic mass is 16.4. The van der Waals surface area contributed by atoms with Gasteiger partial charge < -0.3 is 15.1 Å². The smallest absolute Gasteiger partial charge is 0.298 e. The highest BCUT2D eigenvalue weighted by Gasteiger charge is 2.35. The third kappa shape index (κ3) is 1.94. The first-order valence-electron chi connectivity index (χ1n) is 7.74. The molecular formula is C16H21N3O. The van der Waals surface area contributed by atoms with Gasteiger partial charge >= 0.3 is 0 Å². The van der Waals surface area contributed by atoms with Crippen molar-refractivity contribution < 1.29 is 4.42 Å². The molecule has 1 saturated carbocycles. The van der Waals surface area contributed by atoms with Gasteiger partial charge in [0.2, 0.25) is 0 Å². The molecule has 2 aromatic rings. The van der Waals surface area contributed by atoms with Gasteiger partial charge in [-0.3, -0.25) is 0 Å². The standard InChI is InChI=1S/C16H21N3O/c17-12-7-8-13-15(10-12)20-16(18-13)19-9-3-5-11-4-1-2-6-14(11)19/h7-8,10-11,14H,1-6,9,17H2. The molecule has 2 aliphatic rings. The summed E-state index contributed by atoms with van der Waals surface area (Å²) in [6.45, 7) is 1.07. The fourth-order valence-electron chi connectivity index (χ4n) is 3.91. The van der Waals surface area contributed by atoms with Crippen molar-refractivity contribution in [1.29, 1.82) is 0 Å². The van der Waals surface area contributed by atoms with Crippen molar-refractivity contribution in [2.75, 3.05) is 17.2 Å². The van der Waals surface area contributed by atoms with Crippen LogP contribution in [0, 0.1) is 5.92 Å². The minimum absolute atomic E-state index is 0.628. The number of piperidine rings is 1. The van der Waals surface area contributed by atoms with E-state index in [2.05, 4.69) is 9.88 Å². The number of benzene rings is 1. The predicted molar refractivity (Wildman–Crippen MR) is 80.7 cm³/mol. The minimum atomic E-state index is 0.628. The number of rotatable bonds is 1. The van der Waals surface area contributed by atoms with E-state index in [1.54, 1.807) is 0 Å². The fraction of sp³-hybridized carbons (Fsp3) is 0.562. The molecular weight excluding hydrogens is 250 g/mol. The van der Waals surface area contributed by atoms with E-state index in [1.165, 1.54) is 38.5 Å². The Kier molecular flexibility index (Phi) is 2.83. The Morgan fingerprint density at radius 2 is 2.00 bits per heavy atom. The Morgan fingerprint density at radius 1 is 1.15 bits per heavy atom. The van der Waals surface area contributed by atoms with Crippen LogP contribution in [0.5, 0.6) is 0 Å². The van der Waals surface area contributed by atoms with Gasteiger partial charge in [0.25, 0.3) is 6.01 Å². The number of anilines is 2. The van der Waals surface area contributed by atoms with Crippen molar-refractivity contribution in [3.05, 3.63) is 18.2 Å². The molecule has 0 spiro atoms. The van der Waals surface area contributed by atoms with Crippen molar-refractivity contribution >= 4 is 22.8 Å². The van der Waals surface area contributed by atoms with Crippen molar-refractivity contribution in [3.8, 4) is 0 Å². The zero-order valence-corrected chi connectivity index (χ0v) is 11.7. The van der Waals surface area contributed by atoms with Crippen molar-refractivity contribution in [2.45, 2.75) is 44.6 Å². The number of hydrogen-bond acceptors (Lipinski definition) is 4. The van der Waals surface area contributed by atoms with Gasteiger partial charge in [-0.15, -0.1) is 0 Å². The molecule has 2 heterocycles. The predicted octanol–water partition coefficient (Wildman–Crippen LogP) is 3.57. The second-order valence-corrected chi connectivity index (χ2v) is 6.17. The monoisotopic (exact) mass is 271 g/mol. The minimum Gasteiger partial charge on any atom is -0.423 e. The van der Waals surface area contributed by atoms with E-state index >= 15 is 0 Å². The van der Waals surface area contributed by atoms with Gasteiger partial charge in [0, 0.05) is 24.3 Å². The number of nitrogen functional groups attached to an aromatic ring is 1. The highest BCUT2D eigenvalue weighted by molar-refractivity contribution is 5.78. The maximum absolute atomic E-state index is 5.97. The van der Waals surface area contributed by atoms with Crippen LogP contribution >= 0.6 is 0 Å². The summed E-state index contributed by atoms with van der Waals surface area (Å²) in [4.78, 5) is 7.08. The van der Waals surface area contributed by atoms with Crippen LogP contribution < -0.4 is 10.6 Å². The Morgan fingerprint density at radius 3 is 2.95 bits per heavy atom. The number of nitrogens with zero attached hydrogens (tertiary/aromatic N) is 2. The van der Waals surface area contributed by atoms with E-state index in [-0.39, 0.29) is 0 Å². The molecule has 20 heavy (non-hydrogen) atoms. The molecule has 1 saturated heterocycles. The number of fused-ring (bicyclic) bond motifs is 2. The van der Waals surface area contributed by atoms with Gasteiger partial charge in [-0.1, -0.05) is 12.8 Å². The van der Waals surface area contributed by atoms with Crippen LogP contribution in [0.1, 0.15) is 38.5 Å². The SMILES string of the molecule is Nc1ccc2nc(N3CCCC4CCCCC43)oc2c1. The third-order valence-electron chi connectivity index (χ3n) is 4.89. The summed E-state index contributed by atoms with van der Waals surface area (Å²) in [6.07, 6.45) is 8.00. The molecule has 0 radical (unpaired) electrons. The maximum atomic E-state index is 5.97. The van der Waals surface area contributed by atoms with Crippen LogP contribution in [-0.2, 0) is 0 Å². The number of aromatic nitrogens is 1. The summed E-state index contributed by atoms with van der Waals surface area (Å²) in [7, 11) is 0. The number of hydrogen-bond donors (Lipinski definition) is 1. The van der Waals surface area contributed by atoms with Gasteiger partial charge in [-0.2, -0.15) is 4.98 Å². The number of nitrogens with two attached hydrogens (primary N) is 1. The van der Waals surface area contributed by atoms with E-state index in [0.717, 1.165) is 35.3 Å².